The molecule has 1 fully saturated rings. The van der Waals surface area contributed by atoms with Gasteiger partial charge in [0.2, 0.25) is 10.0 Å². The molecule has 0 spiro atoms. The van der Waals surface area contributed by atoms with E-state index < -0.39 is 10.0 Å². The Bertz CT molecular complexity index is 498. The van der Waals surface area contributed by atoms with E-state index in [0.717, 1.165) is 18.4 Å². The third kappa shape index (κ3) is 5.67. The van der Waals surface area contributed by atoms with Crippen molar-refractivity contribution in [3.05, 3.63) is 34.9 Å². The largest absolute Gasteiger partial charge is 0.411 e. The quantitative estimate of drug-likeness (QED) is 0.488. The third-order valence-electron chi connectivity index (χ3n) is 2.04. The van der Waals surface area contributed by atoms with Crippen LogP contribution in [0.2, 0.25) is 5.02 Å². The molecule has 0 saturated heterocycles. The fourth-order valence-electron chi connectivity index (χ4n) is 1.05. The monoisotopic (exact) mass is 276 g/mol. The zero-order valence-corrected chi connectivity index (χ0v) is 10.5. The second kappa shape index (κ2) is 6.00. The normalized spacial score (nSPS) is 15.4. The maximum absolute atomic E-state index is 10.2. The van der Waals surface area contributed by atoms with Gasteiger partial charge in [-0.1, -0.05) is 28.9 Å². The Morgan fingerprint density at radius 3 is 2.47 bits per heavy atom. The van der Waals surface area contributed by atoms with Gasteiger partial charge in [-0.2, -0.15) is 0 Å². The number of hydrogen-bond donors (Lipinski definition) is 2. The van der Waals surface area contributed by atoms with E-state index in [-0.39, 0.29) is 5.25 Å². The Morgan fingerprint density at radius 1 is 1.47 bits per heavy atom. The number of halogens is 1. The molecule has 0 radical (unpaired) electrons. The zero-order chi connectivity index (χ0) is 12.9. The van der Waals surface area contributed by atoms with Crippen LogP contribution in [0.4, 0.5) is 0 Å². The highest BCUT2D eigenvalue weighted by molar-refractivity contribution is 7.90. The summed E-state index contributed by atoms with van der Waals surface area (Å²) in [6.07, 6.45) is 2.85. The van der Waals surface area contributed by atoms with Crippen LogP contribution < -0.4 is 5.14 Å². The van der Waals surface area contributed by atoms with E-state index in [1.807, 2.05) is 0 Å². The van der Waals surface area contributed by atoms with Crippen molar-refractivity contribution in [1.82, 2.24) is 0 Å². The molecule has 0 atom stereocenters. The van der Waals surface area contributed by atoms with Crippen LogP contribution in [0.1, 0.15) is 18.4 Å². The van der Waals surface area contributed by atoms with Crippen molar-refractivity contribution in [1.29, 1.82) is 0 Å². The standard InChI is InChI=1S/C7H6ClNO.C3H7NO2S/c8-7-3-1-2-6(4-7)5-9-10;4-7(5,6)3-1-2-3/h1-5,10H;3H,1-2H2,(H2,4,5,6). The van der Waals surface area contributed by atoms with Gasteiger partial charge >= 0.3 is 0 Å². The molecule has 0 heterocycles. The molecule has 0 aromatic heterocycles. The Balaban J connectivity index is 0.000000181. The van der Waals surface area contributed by atoms with E-state index in [4.69, 9.17) is 21.9 Å². The number of hydrogen-bond acceptors (Lipinski definition) is 4. The topological polar surface area (TPSA) is 92.8 Å². The lowest BCUT2D eigenvalue weighted by Gasteiger charge is -1.90. The molecule has 0 aliphatic heterocycles. The molecule has 17 heavy (non-hydrogen) atoms. The minimum Gasteiger partial charge on any atom is -0.411 e. The molecule has 3 N–H and O–H groups in total. The van der Waals surface area contributed by atoms with Crippen LogP contribution in [-0.2, 0) is 10.0 Å². The number of sulfonamides is 1. The molecule has 94 valence electrons. The fraction of sp³-hybridized carbons (Fsp3) is 0.300. The van der Waals surface area contributed by atoms with Crippen molar-refractivity contribution in [2.24, 2.45) is 10.3 Å². The van der Waals surface area contributed by atoms with Crippen LogP contribution >= 0.6 is 11.6 Å². The molecule has 1 aromatic rings. The van der Waals surface area contributed by atoms with Crippen LogP contribution in [0, 0.1) is 0 Å². The van der Waals surface area contributed by atoms with Gasteiger partial charge in [0.15, 0.2) is 0 Å². The molecule has 1 saturated carbocycles. The van der Waals surface area contributed by atoms with Crippen LogP contribution in [-0.4, -0.2) is 25.1 Å². The number of benzene rings is 1. The summed E-state index contributed by atoms with van der Waals surface area (Å²) >= 11 is 5.64. The minimum atomic E-state index is -3.13. The number of oxime groups is 1. The predicted octanol–water partition coefficient (Wildman–Crippen LogP) is 1.59. The van der Waals surface area contributed by atoms with Gasteiger partial charge in [-0.05, 0) is 30.5 Å². The summed E-state index contributed by atoms with van der Waals surface area (Å²) in [5, 5.41) is 16.1. The number of nitrogens with two attached hydrogens (primary N) is 1. The van der Waals surface area contributed by atoms with Gasteiger partial charge in [0.1, 0.15) is 0 Å². The van der Waals surface area contributed by atoms with E-state index in [2.05, 4.69) is 5.16 Å². The summed E-state index contributed by atoms with van der Waals surface area (Å²) < 4.78 is 20.3. The Kier molecular flexibility index (Phi) is 4.92. The summed E-state index contributed by atoms with van der Waals surface area (Å²) in [6.45, 7) is 0. The number of nitrogens with zero attached hydrogens (tertiary/aromatic N) is 1. The van der Waals surface area contributed by atoms with E-state index in [1.165, 1.54) is 6.21 Å². The summed E-state index contributed by atoms with van der Waals surface area (Å²) in [4.78, 5) is 0. The van der Waals surface area contributed by atoms with Gasteiger partial charge in [-0.15, -0.1) is 0 Å². The Morgan fingerprint density at radius 2 is 2.12 bits per heavy atom. The Hall–Kier alpha value is -1.11. The molecule has 0 bridgehead atoms. The van der Waals surface area contributed by atoms with Gasteiger partial charge in [0.25, 0.3) is 0 Å². The average molecular weight is 277 g/mol. The van der Waals surface area contributed by atoms with Crippen LogP contribution in [0.15, 0.2) is 29.4 Å². The Labute approximate surface area is 105 Å². The predicted molar refractivity (Wildman–Crippen MR) is 67.0 cm³/mol. The first-order valence-electron chi connectivity index (χ1n) is 4.88. The molecular weight excluding hydrogens is 264 g/mol. The lowest BCUT2D eigenvalue weighted by Crippen LogP contribution is -2.16. The van der Waals surface area contributed by atoms with Crippen molar-refractivity contribution < 1.29 is 13.6 Å². The second-order valence-electron chi connectivity index (χ2n) is 3.59. The van der Waals surface area contributed by atoms with Crippen LogP contribution in [0.5, 0.6) is 0 Å². The molecule has 1 aliphatic rings. The molecule has 5 nitrogen and oxygen atoms in total. The van der Waals surface area contributed by atoms with Gasteiger partial charge in [0.05, 0.1) is 11.5 Å². The zero-order valence-electron chi connectivity index (χ0n) is 8.95. The first-order chi connectivity index (χ1) is 7.93. The summed E-state index contributed by atoms with van der Waals surface area (Å²) in [6, 6.07) is 7.06. The van der Waals surface area contributed by atoms with Crippen molar-refractivity contribution in [3.8, 4) is 0 Å². The van der Waals surface area contributed by atoms with Crippen LogP contribution in [0.3, 0.4) is 0 Å². The first-order valence-corrected chi connectivity index (χ1v) is 6.87. The molecule has 1 aliphatic carbocycles. The first kappa shape index (κ1) is 14.0. The van der Waals surface area contributed by atoms with Crippen LogP contribution in [0.25, 0.3) is 0 Å². The van der Waals surface area contributed by atoms with Crippen molar-refractivity contribution in [3.63, 3.8) is 0 Å². The van der Waals surface area contributed by atoms with Gasteiger partial charge in [0, 0.05) is 5.02 Å². The van der Waals surface area contributed by atoms with E-state index in [0.29, 0.717) is 5.02 Å². The lowest BCUT2D eigenvalue weighted by molar-refractivity contribution is 0.322. The summed E-state index contributed by atoms with van der Waals surface area (Å²) in [5.41, 5.74) is 0.787. The van der Waals surface area contributed by atoms with Gasteiger partial charge in [-0.3, -0.25) is 0 Å². The maximum Gasteiger partial charge on any atom is 0.211 e. The number of primary sulfonamides is 1. The fourth-order valence-corrected chi connectivity index (χ4v) is 2.04. The SMILES string of the molecule is NS(=O)(=O)C1CC1.ON=Cc1cccc(Cl)c1. The summed E-state index contributed by atoms with van der Waals surface area (Å²) in [5.74, 6) is 0. The van der Waals surface area contributed by atoms with Gasteiger partial charge < -0.3 is 5.21 Å². The highest BCUT2D eigenvalue weighted by atomic mass is 35.5. The molecule has 2 rings (SSSR count). The molecule has 1 aromatic carbocycles. The number of rotatable bonds is 2. The van der Waals surface area contributed by atoms with E-state index in [9.17, 15) is 8.42 Å². The molecule has 0 unspecified atom stereocenters. The lowest BCUT2D eigenvalue weighted by atomic mass is 10.2. The smallest absolute Gasteiger partial charge is 0.211 e. The summed E-state index contributed by atoms with van der Waals surface area (Å²) in [7, 11) is -3.13. The van der Waals surface area contributed by atoms with Crippen molar-refractivity contribution >= 4 is 27.8 Å². The molecule has 0 amide bonds. The van der Waals surface area contributed by atoms with Gasteiger partial charge in [-0.25, -0.2) is 13.6 Å². The average Bonchev–Trinajstić information content (AvgIpc) is 3.00. The molecule has 7 heteroatoms. The third-order valence-corrected chi connectivity index (χ3v) is 3.68. The van der Waals surface area contributed by atoms with Crippen molar-refractivity contribution in [2.45, 2.75) is 18.1 Å². The maximum atomic E-state index is 10.2. The second-order valence-corrected chi connectivity index (χ2v) is 5.87. The molecular formula is C10H13ClN2O3S. The highest BCUT2D eigenvalue weighted by Crippen LogP contribution is 2.25. The van der Waals surface area contributed by atoms with E-state index in [1.54, 1.807) is 24.3 Å². The van der Waals surface area contributed by atoms with Crippen molar-refractivity contribution in [2.75, 3.05) is 0 Å². The van der Waals surface area contributed by atoms with E-state index >= 15 is 0 Å². The highest BCUT2D eigenvalue weighted by Gasteiger charge is 2.32. The minimum absolute atomic E-state index is 0.201.